The van der Waals surface area contributed by atoms with Crippen LogP contribution in [0.25, 0.3) is 0 Å². The van der Waals surface area contributed by atoms with Gasteiger partial charge in [-0.1, -0.05) is 20.8 Å². The van der Waals surface area contributed by atoms with Gasteiger partial charge in [0.1, 0.15) is 5.60 Å². The van der Waals surface area contributed by atoms with Crippen LogP contribution in [0.4, 0.5) is 4.79 Å². The highest BCUT2D eigenvalue weighted by Crippen LogP contribution is 2.19. The summed E-state index contributed by atoms with van der Waals surface area (Å²) in [6.45, 7) is 17.4. The molecule has 1 fully saturated rings. The molecule has 5 nitrogen and oxygen atoms in total. The molecule has 0 saturated carbocycles. The van der Waals surface area contributed by atoms with Gasteiger partial charge in [-0.25, -0.2) is 4.79 Å². The van der Waals surface area contributed by atoms with E-state index in [1.807, 2.05) is 25.7 Å². The minimum atomic E-state index is -0.462. The molecule has 2 atom stereocenters. The van der Waals surface area contributed by atoms with E-state index in [9.17, 15) is 4.79 Å². The molecule has 1 aliphatic heterocycles. The topological polar surface area (TPSA) is 50.8 Å². The molecule has 2 unspecified atom stereocenters. The number of carbonyl (C=O) groups excluding carboxylic acids is 1. The molecule has 23 heavy (non-hydrogen) atoms. The second-order valence-electron chi connectivity index (χ2n) is 8.80. The largest absolute Gasteiger partial charge is 0.444 e. The molecule has 1 rings (SSSR count). The Hall–Kier alpha value is -0.810. The van der Waals surface area contributed by atoms with Gasteiger partial charge in [-0.15, -0.1) is 0 Å². The normalized spacial score (nSPS) is 21.2. The number of rotatable bonds is 5. The summed E-state index contributed by atoms with van der Waals surface area (Å²) in [5.41, 5.74) is -0.125. The summed E-state index contributed by atoms with van der Waals surface area (Å²) in [7, 11) is 0. The lowest BCUT2D eigenvalue weighted by atomic mass is 9.92. The van der Waals surface area contributed by atoms with Crippen molar-refractivity contribution in [2.24, 2.45) is 5.41 Å². The molecule has 1 amide bonds. The lowest BCUT2D eigenvalue weighted by Gasteiger charge is -2.37. The molecule has 0 spiro atoms. The predicted molar refractivity (Wildman–Crippen MR) is 93.7 cm³/mol. The first kappa shape index (κ1) is 20.2. The van der Waals surface area contributed by atoms with Crippen molar-refractivity contribution >= 4 is 6.09 Å². The van der Waals surface area contributed by atoms with E-state index in [-0.39, 0.29) is 12.1 Å². The molecular weight excluding hydrogens is 292 g/mol. The van der Waals surface area contributed by atoms with Gasteiger partial charge in [0.2, 0.25) is 0 Å². The van der Waals surface area contributed by atoms with Gasteiger partial charge in [0.15, 0.2) is 0 Å². The summed E-state index contributed by atoms with van der Waals surface area (Å²) in [6.07, 6.45) is 1.78. The Bertz CT molecular complexity index is 371. The van der Waals surface area contributed by atoms with Crippen LogP contribution in [-0.2, 0) is 9.47 Å². The summed E-state index contributed by atoms with van der Waals surface area (Å²) in [5.74, 6) is 0. The highest BCUT2D eigenvalue weighted by Gasteiger charge is 2.31. The molecule has 1 N–H and O–H groups in total. The molecule has 0 aromatic rings. The van der Waals surface area contributed by atoms with Gasteiger partial charge < -0.3 is 19.7 Å². The smallest absolute Gasteiger partial charge is 0.410 e. The van der Waals surface area contributed by atoms with E-state index in [4.69, 9.17) is 9.47 Å². The molecule has 1 saturated heterocycles. The van der Waals surface area contributed by atoms with Crippen LogP contribution in [0.1, 0.15) is 61.3 Å². The van der Waals surface area contributed by atoms with Crippen molar-refractivity contribution in [3.63, 3.8) is 0 Å². The maximum absolute atomic E-state index is 12.4. The lowest BCUT2D eigenvalue weighted by Crippen LogP contribution is -2.52. The summed E-state index contributed by atoms with van der Waals surface area (Å²) in [4.78, 5) is 14.2. The molecule has 136 valence electrons. The fraction of sp³-hybridized carbons (Fsp3) is 0.944. The van der Waals surface area contributed by atoms with Gasteiger partial charge in [0.25, 0.3) is 0 Å². The number of nitrogens with one attached hydrogen (secondary N) is 1. The van der Waals surface area contributed by atoms with Crippen LogP contribution in [-0.4, -0.2) is 55.0 Å². The number of nitrogens with zero attached hydrogens (tertiary/aromatic N) is 1. The zero-order chi connectivity index (χ0) is 17.7. The third-order valence-electron chi connectivity index (χ3n) is 3.85. The van der Waals surface area contributed by atoms with E-state index in [1.54, 1.807) is 0 Å². The van der Waals surface area contributed by atoms with Crippen LogP contribution >= 0.6 is 0 Å². The monoisotopic (exact) mass is 328 g/mol. The van der Waals surface area contributed by atoms with Crippen LogP contribution in [0.15, 0.2) is 0 Å². The minimum Gasteiger partial charge on any atom is -0.444 e. The van der Waals surface area contributed by atoms with E-state index in [1.165, 1.54) is 0 Å². The van der Waals surface area contributed by atoms with E-state index < -0.39 is 5.60 Å². The van der Waals surface area contributed by atoms with Crippen molar-refractivity contribution in [3.05, 3.63) is 0 Å². The van der Waals surface area contributed by atoms with E-state index >= 15 is 0 Å². The number of hydrogen-bond donors (Lipinski definition) is 1. The molecule has 0 aromatic carbocycles. The highest BCUT2D eigenvalue weighted by atomic mass is 16.6. The van der Waals surface area contributed by atoms with Crippen molar-refractivity contribution in [1.82, 2.24) is 10.2 Å². The first-order valence-electron chi connectivity index (χ1n) is 8.79. The molecule has 5 heteroatoms. The second kappa shape index (κ2) is 8.34. The fourth-order valence-corrected chi connectivity index (χ4v) is 2.60. The Morgan fingerprint density at radius 1 is 1.30 bits per heavy atom. The van der Waals surface area contributed by atoms with Crippen LogP contribution < -0.4 is 5.32 Å². The first-order valence-corrected chi connectivity index (χ1v) is 8.79. The quantitative estimate of drug-likeness (QED) is 0.840. The Morgan fingerprint density at radius 3 is 2.52 bits per heavy atom. The summed E-state index contributed by atoms with van der Waals surface area (Å²) >= 11 is 0. The van der Waals surface area contributed by atoms with Crippen molar-refractivity contribution < 1.29 is 14.3 Å². The van der Waals surface area contributed by atoms with Crippen LogP contribution in [0.5, 0.6) is 0 Å². The SMILES string of the molecule is CC(CC1COCCN1C(=O)OC(C)(C)C)NCCC(C)(C)C. The van der Waals surface area contributed by atoms with Crippen molar-refractivity contribution in [1.29, 1.82) is 0 Å². The van der Waals surface area contributed by atoms with Crippen molar-refractivity contribution in [2.75, 3.05) is 26.3 Å². The maximum Gasteiger partial charge on any atom is 0.410 e. The lowest BCUT2D eigenvalue weighted by molar-refractivity contribution is -0.0355. The number of amides is 1. The predicted octanol–water partition coefficient (Wildman–Crippen LogP) is 3.43. The van der Waals surface area contributed by atoms with Gasteiger partial charge in [-0.3, -0.25) is 0 Å². The summed E-state index contributed by atoms with van der Waals surface area (Å²) in [5, 5.41) is 3.56. The van der Waals surface area contributed by atoms with Crippen molar-refractivity contribution in [3.8, 4) is 0 Å². The van der Waals surface area contributed by atoms with Crippen LogP contribution in [0.2, 0.25) is 0 Å². The summed E-state index contributed by atoms with van der Waals surface area (Å²) < 4.78 is 11.1. The third-order valence-corrected chi connectivity index (χ3v) is 3.85. The Morgan fingerprint density at radius 2 is 1.96 bits per heavy atom. The molecular formula is C18H36N2O3. The maximum atomic E-state index is 12.4. The minimum absolute atomic E-state index is 0.0794. The number of hydrogen-bond acceptors (Lipinski definition) is 4. The average Bonchev–Trinajstić information content (AvgIpc) is 2.35. The van der Waals surface area contributed by atoms with Gasteiger partial charge in [-0.2, -0.15) is 0 Å². The molecule has 0 aliphatic carbocycles. The first-order chi connectivity index (χ1) is 10.5. The van der Waals surface area contributed by atoms with E-state index in [0.29, 0.717) is 31.2 Å². The van der Waals surface area contributed by atoms with E-state index in [0.717, 1.165) is 19.4 Å². The van der Waals surface area contributed by atoms with Gasteiger partial charge in [0, 0.05) is 12.6 Å². The van der Waals surface area contributed by atoms with E-state index in [2.05, 4.69) is 33.0 Å². The Labute approximate surface area is 142 Å². The molecule has 1 heterocycles. The Balaban J connectivity index is 2.49. The molecule has 0 aromatic heterocycles. The summed E-state index contributed by atoms with van der Waals surface area (Å²) in [6, 6.07) is 0.421. The Kier molecular flexibility index (Phi) is 7.33. The molecule has 0 bridgehead atoms. The third kappa shape index (κ3) is 8.56. The van der Waals surface area contributed by atoms with Gasteiger partial charge in [-0.05, 0) is 52.5 Å². The van der Waals surface area contributed by atoms with Crippen molar-refractivity contribution in [2.45, 2.75) is 79.0 Å². The number of ether oxygens (including phenoxy) is 2. The van der Waals surface area contributed by atoms with Crippen LogP contribution in [0.3, 0.4) is 0 Å². The average molecular weight is 328 g/mol. The van der Waals surface area contributed by atoms with Crippen LogP contribution in [0, 0.1) is 5.41 Å². The van der Waals surface area contributed by atoms with Gasteiger partial charge >= 0.3 is 6.09 Å². The zero-order valence-electron chi connectivity index (χ0n) is 16.1. The fourth-order valence-electron chi connectivity index (χ4n) is 2.60. The number of morpholine rings is 1. The standard InChI is InChI=1S/C18H36N2O3/c1-14(19-9-8-17(2,3)4)12-15-13-22-11-10-20(15)16(21)23-18(5,6)7/h14-15,19H,8-13H2,1-7H3. The van der Waals surface area contributed by atoms with Gasteiger partial charge in [0.05, 0.1) is 19.3 Å². The molecule has 1 aliphatic rings. The second-order valence-corrected chi connectivity index (χ2v) is 8.80. The zero-order valence-corrected chi connectivity index (χ0v) is 16.1. The highest BCUT2D eigenvalue weighted by molar-refractivity contribution is 5.68. The number of carbonyl (C=O) groups is 1. The molecule has 0 radical (unpaired) electrons.